The molecular weight excluding hydrogens is 500 g/mol. The summed E-state index contributed by atoms with van der Waals surface area (Å²) in [7, 11) is -1.66. The van der Waals surface area contributed by atoms with Crippen molar-refractivity contribution in [3.8, 4) is 0 Å². The highest BCUT2D eigenvalue weighted by molar-refractivity contribution is 14.1. The lowest BCUT2D eigenvalue weighted by Gasteiger charge is -2.44. The van der Waals surface area contributed by atoms with E-state index in [1.165, 1.54) is 18.0 Å². The summed E-state index contributed by atoms with van der Waals surface area (Å²) in [4.78, 5) is 0. The summed E-state index contributed by atoms with van der Waals surface area (Å²) in [6.45, 7) is 14.6. The van der Waals surface area contributed by atoms with Crippen LogP contribution >= 0.6 is 45.2 Å². The Bertz CT molecular complexity index is 622. The molecule has 1 aromatic carbocycles. The lowest BCUT2D eigenvalue weighted by molar-refractivity contribution is 0.772. The zero-order chi connectivity index (χ0) is 15.9. The molecule has 0 aliphatic heterocycles. The van der Waals surface area contributed by atoms with E-state index < -0.39 is 8.24 Å². The summed E-state index contributed by atoms with van der Waals surface area (Å²) in [5.41, 5.74) is 3.63. The van der Waals surface area contributed by atoms with Crippen LogP contribution in [0.1, 0.15) is 41.5 Å². The monoisotopic (exact) mass is 525 g/mol. The van der Waals surface area contributed by atoms with E-state index in [0.29, 0.717) is 0 Å². The van der Waals surface area contributed by atoms with Gasteiger partial charge >= 0.3 is 0 Å². The van der Waals surface area contributed by atoms with Crippen molar-refractivity contribution in [1.29, 1.82) is 0 Å². The van der Waals surface area contributed by atoms with E-state index in [0.717, 1.165) is 16.6 Å². The van der Waals surface area contributed by atoms with Crippen LogP contribution in [0.15, 0.2) is 24.4 Å². The molecule has 1 heterocycles. The van der Waals surface area contributed by atoms with Crippen molar-refractivity contribution in [3.05, 3.63) is 31.5 Å². The molecule has 0 aliphatic carbocycles. The minimum Gasteiger partial charge on any atom is -0.372 e. The van der Waals surface area contributed by atoms with E-state index in [1.54, 1.807) is 0 Å². The molecule has 1 nitrogen and oxygen atoms in total. The van der Waals surface area contributed by atoms with Gasteiger partial charge in [-0.1, -0.05) is 41.5 Å². The number of hydrogen-bond acceptors (Lipinski definition) is 0. The first-order valence-electron chi connectivity index (χ1n) is 7.69. The van der Waals surface area contributed by atoms with E-state index in [-0.39, 0.29) is 0 Å². The quantitative estimate of drug-likeness (QED) is 0.303. The van der Waals surface area contributed by atoms with Gasteiger partial charge in [0.1, 0.15) is 0 Å². The second-order valence-electron chi connectivity index (χ2n) is 6.86. The molecule has 1 aromatic heterocycles. The van der Waals surface area contributed by atoms with E-state index in [9.17, 15) is 0 Å². The molecule has 0 radical (unpaired) electrons. The maximum absolute atomic E-state index is 2.71. The van der Waals surface area contributed by atoms with Gasteiger partial charge in [0.15, 0.2) is 8.24 Å². The van der Waals surface area contributed by atoms with Crippen molar-refractivity contribution in [2.45, 2.75) is 58.2 Å². The van der Waals surface area contributed by atoms with Crippen molar-refractivity contribution < 1.29 is 0 Å². The van der Waals surface area contributed by atoms with Crippen molar-refractivity contribution in [2.75, 3.05) is 0 Å². The fourth-order valence-electron chi connectivity index (χ4n) is 4.35. The van der Waals surface area contributed by atoms with Gasteiger partial charge in [-0.3, -0.25) is 0 Å². The molecule has 0 N–H and O–H groups in total. The Morgan fingerprint density at radius 1 is 0.905 bits per heavy atom. The number of fused-ring (bicyclic) bond motifs is 1. The first kappa shape index (κ1) is 17.8. The Morgan fingerprint density at radius 2 is 1.43 bits per heavy atom. The summed E-state index contributed by atoms with van der Waals surface area (Å²) in [5.74, 6) is 0. The topological polar surface area (TPSA) is 4.93 Å². The van der Waals surface area contributed by atoms with Crippen molar-refractivity contribution >= 4 is 64.3 Å². The second-order valence-corrected chi connectivity index (χ2v) is 15.0. The van der Waals surface area contributed by atoms with Crippen LogP contribution in [0.5, 0.6) is 0 Å². The average Bonchev–Trinajstić information content (AvgIpc) is 2.72. The van der Waals surface area contributed by atoms with Crippen molar-refractivity contribution in [2.24, 2.45) is 0 Å². The third-order valence-corrected chi connectivity index (χ3v) is 13.1. The Labute approximate surface area is 157 Å². The number of aromatic nitrogens is 1. The maximum atomic E-state index is 2.71. The molecule has 0 spiro atoms. The third kappa shape index (κ3) is 2.84. The van der Waals surface area contributed by atoms with Crippen LogP contribution < -0.4 is 0 Å². The van der Waals surface area contributed by atoms with Gasteiger partial charge in [0.05, 0.1) is 5.52 Å². The van der Waals surface area contributed by atoms with Crippen LogP contribution in [-0.2, 0) is 0 Å². The smallest absolute Gasteiger partial charge is 0.169 e. The number of nitrogens with zero attached hydrogens (tertiary/aromatic N) is 1. The third-order valence-electron chi connectivity index (χ3n) is 4.89. The largest absolute Gasteiger partial charge is 0.372 e. The minimum atomic E-state index is -1.66. The summed E-state index contributed by atoms with van der Waals surface area (Å²) in [5, 5.41) is 1.39. The number of halogens is 2. The van der Waals surface area contributed by atoms with E-state index in [1.807, 2.05) is 0 Å². The lowest BCUT2D eigenvalue weighted by atomic mass is 10.3. The first-order chi connectivity index (χ1) is 9.72. The van der Waals surface area contributed by atoms with Crippen LogP contribution in [0.25, 0.3) is 10.9 Å². The molecule has 0 amide bonds. The van der Waals surface area contributed by atoms with Gasteiger partial charge < -0.3 is 4.23 Å². The molecule has 116 valence electrons. The summed E-state index contributed by atoms with van der Waals surface area (Å²) >= 11 is 4.93. The molecule has 2 rings (SSSR count). The highest BCUT2D eigenvalue weighted by Crippen LogP contribution is 2.44. The van der Waals surface area contributed by atoms with Crippen LogP contribution in [-0.4, -0.2) is 12.5 Å². The van der Waals surface area contributed by atoms with Gasteiger partial charge in [0, 0.05) is 12.5 Å². The van der Waals surface area contributed by atoms with Gasteiger partial charge in [-0.05, 0) is 86.2 Å². The predicted molar refractivity (Wildman–Crippen MR) is 114 cm³/mol. The average molecular weight is 525 g/mol. The maximum Gasteiger partial charge on any atom is 0.169 e. The first-order valence-corrected chi connectivity index (χ1v) is 12.0. The zero-order valence-corrected chi connectivity index (χ0v) is 19.1. The Balaban J connectivity index is 2.84. The van der Waals surface area contributed by atoms with Gasteiger partial charge in [0.25, 0.3) is 0 Å². The van der Waals surface area contributed by atoms with Crippen molar-refractivity contribution in [1.82, 2.24) is 4.23 Å². The predicted octanol–water partition coefficient (Wildman–Crippen LogP) is 6.87. The number of benzene rings is 1. The molecule has 4 heteroatoms. The highest BCUT2D eigenvalue weighted by atomic mass is 127. The van der Waals surface area contributed by atoms with Gasteiger partial charge in [-0.2, -0.15) is 0 Å². The molecule has 0 unspecified atom stereocenters. The van der Waals surface area contributed by atoms with Crippen LogP contribution in [0.2, 0.25) is 16.6 Å². The molecule has 21 heavy (non-hydrogen) atoms. The second kappa shape index (κ2) is 6.51. The zero-order valence-electron chi connectivity index (χ0n) is 13.7. The van der Waals surface area contributed by atoms with E-state index in [4.69, 9.17) is 0 Å². The van der Waals surface area contributed by atoms with E-state index >= 15 is 0 Å². The van der Waals surface area contributed by atoms with Crippen LogP contribution in [0, 0.1) is 7.14 Å². The molecular formula is C17H25I2NSi. The fourth-order valence-corrected chi connectivity index (χ4v) is 13.4. The summed E-state index contributed by atoms with van der Waals surface area (Å²) in [6.07, 6.45) is 2.37. The van der Waals surface area contributed by atoms with Crippen LogP contribution in [0.4, 0.5) is 0 Å². The van der Waals surface area contributed by atoms with E-state index in [2.05, 4.69) is 115 Å². The molecule has 0 saturated carbocycles. The SMILES string of the molecule is CC(C)[Si](C(C)C)(C(C)C)n1ccc2cc(I)cc(I)c21. The van der Waals surface area contributed by atoms with Gasteiger partial charge in [0.2, 0.25) is 0 Å². The summed E-state index contributed by atoms with van der Waals surface area (Å²) in [6, 6.07) is 6.93. The Kier molecular flexibility index (Phi) is 5.51. The Morgan fingerprint density at radius 3 is 1.90 bits per heavy atom. The number of rotatable bonds is 4. The Hall–Kier alpha value is 0.437. The normalized spacial score (nSPS) is 13.1. The standard InChI is InChI=1S/C17H25I2NSi/c1-11(2)21(12(3)4,13(5)6)20-8-7-14-9-15(18)10-16(19)17(14)20/h7-13H,1-6H3. The molecule has 0 bridgehead atoms. The number of hydrogen-bond donors (Lipinski definition) is 0. The fraction of sp³-hybridized carbons (Fsp3) is 0.529. The minimum absolute atomic E-state index is 0.725. The lowest BCUT2D eigenvalue weighted by Crippen LogP contribution is -2.51. The molecule has 0 aliphatic rings. The van der Waals surface area contributed by atoms with Crippen LogP contribution in [0.3, 0.4) is 0 Å². The summed E-state index contributed by atoms with van der Waals surface area (Å²) < 4.78 is 5.42. The van der Waals surface area contributed by atoms with Crippen molar-refractivity contribution in [3.63, 3.8) is 0 Å². The van der Waals surface area contributed by atoms with Gasteiger partial charge in [-0.25, -0.2) is 0 Å². The molecule has 0 saturated heterocycles. The molecule has 2 aromatic rings. The highest BCUT2D eigenvalue weighted by Gasteiger charge is 2.45. The van der Waals surface area contributed by atoms with Gasteiger partial charge in [-0.15, -0.1) is 0 Å². The molecule has 0 atom stereocenters. The molecule has 0 fully saturated rings.